The first-order valence-corrected chi connectivity index (χ1v) is 9.42. The number of halogens is 3. The van der Waals surface area contributed by atoms with E-state index in [0.29, 0.717) is 10.2 Å². The van der Waals surface area contributed by atoms with E-state index >= 15 is 0 Å². The number of carbonyl (C=O) groups excluding carboxylic acids is 1. The standard InChI is InChI=1S/C19H23ClF2N4O3/c1-18(2,3)29-17(27)25-14(9-28-19(25,4)5)11-6-7-13(20)12(8-11)15-23-10-24-26(15)16(21)22/h6-8,10,14,16H,9H2,1-5H3. The first kappa shape index (κ1) is 21.4. The lowest BCUT2D eigenvalue weighted by Gasteiger charge is -2.35. The molecule has 0 aliphatic carbocycles. The zero-order chi connectivity index (χ0) is 21.6. The Balaban J connectivity index is 2.01. The molecule has 2 aromatic rings. The normalized spacial score (nSPS) is 19.1. The Labute approximate surface area is 172 Å². The van der Waals surface area contributed by atoms with Gasteiger partial charge in [0.15, 0.2) is 5.82 Å². The number of nitrogens with zero attached hydrogens (tertiary/aromatic N) is 4. The van der Waals surface area contributed by atoms with Gasteiger partial charge in [0, 0.05) is 5.56 Å². The molecule has 0 spiro atoms. The third kappa shape index (κ3) is 4.35. The number of hydrogen-bond acceptors (Lipinski definition) is 5. The molecular formula is C19H23ClF2N4O3. The number of carbonyl (C=O) groups is 1. The van der Waals surface area contributed by atoms with Crippen molar-refractivity contribution in [1.29, 1.82) is 0 Å². The fourth-order valence-corrected chi connectivity index (χ4v) is 3.42. The number of aromatic nitrogens is 3. The van der Waals surface area contributed by atoms with E-state index in [0.717, 1.165) is 6.33 Å². The van der Waals surface area contributed by atoms with Crippen molar-refractivity contribution < 1.29 is 23.0 Å². The molecule has 1 unspecified atom stereocenters. The van der Waals surface area contributed by atoms with E-state index in [1.54, 1.807) is 52.8 Å². The zero-order valence-corrected chi connectivity index (χ0v) is 17.6. The first-order chi connectivity index (χ1) is 13.4. The highest BCUT2D eigenvalue weighted by atomic mass is 35.5. The molecule has 10 heteroatoms. The average molecular weight is 429 g/mol. The maximum Gasteiger partial charge on any atom is 0.413 e. The number of ether oxygens (including phenoxy) is 2. The maximum absolute atomic E-state index is 13.2. The van der Waals surface area contributed by atoms with Crippen molar-refractivity contribution in [2.24, 2.45) is 0 Å². The number of hydrogen-bond donors (Lipinski definition) is 0. The van der Waals surface area contributed by atoms with Gasteiger partial charge in [0.25, 0.3) is 0 Å². The topological polar surface area (TPSA) is 69.5 Å². The van der Waals surface area contributed by atoms with Crippen LogP contribution in [0, 0.1) is 0 Å². The minimum atomic E-state index is -2.86. The molecule has 1 fully saturated rings. The third-order valence-corrected chi connectivity index (χ3v) is 4.78. The smallest absolute Gasteiger partial charge is 0.413 e. The number of benzene rings is 1. The van der Waals surface area contributed by atoms with Crippen molar-refractivity contribution in [3.05, 3.63) is 35.1 Å². The van der Waals surface area contributed by atoms with Crippen LogP contribution in [0.5, 0.6) is 0 Å². The number of amides is 1. The molecule has 1 aliphatic heterocycles. The molecular weight excluding hydrogens is 406 g/mol. The predicted octanol–water partition coefficient (Wildman–Crippen LogP) is 5.04. The quantitative estimate of drug-likeness (QED) is 0.685. The minimum absolute atomic E-state index is 0.0613. The van der Waals surface area contributed by atoms with Crippen LogP contribution in [0.1, 0.15) is 52.8 Å². The second-order valence-electron chi connectivity index (χ2n) is 8.17. The van der Waals surface area contributed by atoms with Gasteiger partial charge in [0.1, 0.15) is 17.7 Å². The van der Waals surface area contributed by atoms with Crippen molar-refractivity contribution in [3.63, 3.8) is 0 Å². The highest BCUT2D eigenvalue weighted by molar-refractivity contribution is 6.33. The summed E-state index contributed by atoms with van der Waals surface area (Å²) >= 11 is 6.25. The van der Waals surface area contributed by atoms with Crippen LogP contribution < -0.4 is 0 Å². The van der Waals surface area contributed by atoms with Crippen LogP contribution in [0.3, 0.4) is 0 Å². The lowest BCUT2D eigenvalue weighted by molar-refractivity contribution is -0.0626. The summed E-state index contributed by atoms with van der Waals surface area (Å²) in [5.74, 6) is -0.0613. The Kier molecular flexibility index (Phi) is 5.57. The number of alkyl halides is 2. The Hall–Kier alpha value is -2.26. The van der Waals surface area contributed by atoms with Gasteiger partial charge in [-0.25, -0.2) is 9.78 Å². The highest BCUT2D eigenvalue weighted by Gasteiger charge is 2.46. The lowest BCUT2D eigenvalue weighted by Crippen LogP contribution is -2.47. The second-order valence-corrected chi connectivity index (χ2v) is 8.58. The second kappa shape index (κ2) is 7.53. The predicted molar refractivity (Wildman–Crippen MR) is 103 cm³/mol. The van der Waals surface area contributed by atoms with E-state index in [2.05, 4.69) is 10.1 Å². The summed E-state index contributed by atoms with van der Waals surface area (Å²) in [7, 11) is 0. The average Bonchev–Trinajstić information content (AvgIpc) is 3.18. The van der Waals surface area contributed by atoms with E-state index in [9.17, 15) is 13.6 Å². The summed E-state index contributed by atoms with van der Waals surface area (Å²) in [4.78, 5) is 18.3. The molecule has 7 nitrogen and oxygen atoms in total. The van der Waals surface area contributed by atoms with Crippen LogP contribution in [0.25, 0.3) is 11.4 Å². The maximum atomic E-state index is 13.2. The van der Waals surface area contributed by atoms with E-state index in [1.165, 1.54) is 4.90 Å². The zero-order valence-electron chi connectivity index (χ0n) is 16.8. The summed E-state index contributed by atoms with van der Waals surface area (Å²) in [5, 5.41) is 3.80. The van der Waals surface area contributed by atoms with Crippen molar-refractivity contribution in [3.8, 4) is 11.4 Å². The Morgan fingerprint density at radius 1 is 1.38 bits per heavy atom. The van der Waals surface area contributed by atoms with Crippen LogP contribution in [0.4, 0.5) is 13.6 Å². The largest absolute Gasteiger partial charge is 0.444 e. The molecule has 1 saturated heterocycles. The van der Waals surface area contributed by atoms with Gasteiger partial charge in [-0.05, 0) is 52.3 Å². The molecule has 0 saturated carbocycles. The van der Waals surface area contributed by atoms with Gasteiger partial charge in [0.05, 0.1) is 17.7 Å². The molecule has 1 aliphatic rings. The lowest BCUT2D eigenvalue weighted by atomic mass is 10.0. The SMILES string of the molecule is CC(C)(C)OC(=O)N1C(c2ccc(Cl)c(-c3ncnn3C(F)F)c2)COC1(C)C. The fourth-order valence-electron chi connectivity index (χ4n) is 3.21. The van der Waals surface area contributed by atoms with Gasteiger partial charge in [-0.1, -0.05) is 17.7 Å². The van der Waals surface area contributed by atoms with Gasteiger partial charge in [-0.3, -0.25) is 4.90 Å². The summed E-state index contributed by atoms with van der Waals surface area (Å²) < 4.78 is 38.3. The van der Waals surface area contributed by atoms with Crippen molar-refractivity contribution in [2.45, 2.75) is 58.5 Å². The first-order valence-electron chi connectivity index (χ1n) is 9.04. The molecule has 3 rings (SSSR count). The Bertz CT molecular complexity index is 911. The fraction of sp³-hybridized carbons (Fsp3) is 0.526. The molecule has 1 atom stereocenters. The van der Waals surface area contributed by atoms with Gasteiger partial charge < -0.3 is 9.47 Å². The van der Waals surface area contributed by atoms with Crippen molar-refractivity contribution in [1.82, 2.24) is 19.7 Å². The van der Waals surface area contributed by atoms with E-state index in [4.69, 9.17) is 21.1 Å². The molecule has 0 bridgehead atoms. The van der Waals surface area contributed by atoms with E-state index in [-0.39, 0.29) is 23.0 Å². The van der Waals surface area contributed by atoms with Gasteiger partial charge >= 0.3 is 12.6 Å². The Morgan fingerprint density at radius 2 is 2.07 bits per heavy atom. The highest BCUT2D eigenvalue weighted by Crippen LogP contribution is 2.40. The molecule has 29 heavy (non-hydrogen) atoms. The molecule has 2 heterocycles. The van der Waals surface area contributed by atoms with Crippen molar-refractivity contribution >= 4 is 17.7 Å². The number of rotatable bonds is 3. The summed E-state index contributed by atoms with van der Waals surface area (Å²) in [6, 6.07) is 4.44. The van der Waals surface area contributed by atoms with Crippen LogP contribution in [0.2, 0.25) is 5.02 Å². The molecule has 0 N–H and O–H groups in total. The van der Waals surface area contributed by atoms with Crippen LogP contribution in [-0.4, -0.2) is 43.7 Å². The van der Waals surface area contributed by atoms with Crippen LogP contribution in [-0.2, 0) is 9.47 Å². The van der Waals surface area contributed by atoms with E-state index < -0.39 is 30.0 Å². The van der Waals surface area contributed by atoms with Crippen LogP contribution in [0.15, 0.2) is 24.5 Å². The molecule has 158 valence electrons. The van der Waals surface area contributed by atoms with E-state index in [1.807, 2.05) is 0 Å². The Morgan fingerprint density at radius 3 is 2.69 bits per heavy atom. The summed E-state index contributed by atoms with van der Waals surface area (Å²) in [6.07, 6.45) is 0.511. The third-order valence-electron chi connectivity index (χ3n) is 4.45. The van der Waals surface area contributed by atoms with Gasteiger partial charge in [0.2, 0.25) is 0 Å². The molecule has 0 radical (unpaired) electrons. The molecule has 1 amide bonds. The minimum Gasteiger partial charge on any atom is -0.444 e. The van der Waals surface area contributed by atoms with Gasteiger partial charge in [-0.15, -0.1) is 0 Å². The van der Waals surface area contributed by atoms with Crippen LogP contribution >= 0.6 is 11.6 Å². The van der Waals surface area contributed by atoms with Gasteiger partial charge in [-0.2, -0.15) is 18.6 Å². The summed E-state index contributed by atoms with van der Waals surface area (Å²) in [5.41, 5.74) is -0.643. The molecule has 1 aromatic carbocycles. The van der Waals surface area contributed by atoms with Crippen molar-refractivity contribution in [2.75, 3.05) is 6.61 Å². The monoisotopic (exact) mass is 428 g/mol. The summed E-state index contributed by atoms with van der Waals surface area (Å²) in [6.45, 7) is 6.22. The molecule has 1 aromatic heterocycles.